The van der Waals surface area contributed by atoms with Crippen LogP contribution in [0.4, 0.5) is 4.39 Å². The van der Waals surface area contributed by atoms with E-state index < -0.39 is 0 Å². The van der Waals surface area contributed by atoms with Gasteiger partial charge in [0.25, 0.3) is 0 Å². The minimum absolute atomic E-state index is 0.158. The zero-order valence-electron chi connectivity index (χ0n) is 13.6. The summed E-state index contributed by atoms with van der Waals surface area (Å²) in [5, 5.41) is 3.26. The first-order valence-corrected chi connectivity index (χ1v) is 7.24. The van der Waals surface area contributed by atoms with Gasteiger partial charge in [-0.25, -0.2) is 4.39 Å². The van der Waals surface area contributed by atoms with E-state index >= 15 is 0 Å². The van der Waals surface area contributed by atoms with Gasteiger partial charge in [-0.3, -0.25) is 4.98 Å². The molecular formula is C16H28FN3. The molecule has 0 spiro atoms. The van der Waals surface area contributed by atoms with Crippen LogP contribution in [-0.2, 0) is 0 Å². The van der Waals surface area contributed by atoms with Crippen molar-refractivity contribution in [2.75, 3.05) is 20.6 Å². The second-order valence-corrected chi connectivity index (χ2v) is 6.55. The molecule has 0 aliphatic rings. The average Bonchev–Trinajstić information content (AvgIpc) is 2.39. The van der Waals surface area contributed by atoms with Gasteiger partial charge in [-0.1, -0.05) is 20.8 Å². The number of hydrogen-bond donors (Lipinski definition) is 1. The summed E-state index contributed by atoms with van der Waals surface area (Å²) < 4.78 is 12.9. The molecule has 114 valence electrons. The van der Waals surface area contributed by atoms with Crippen molar-refractivity contribution in [2.45, 2.75) is 46.2 Å². The van der Waals surface area contributed by atoms with E-state index in [2.05, 4.69) is 49.9 Å². The van der Waals surface area contributed by atoms with Crippen molar-refractivity contribution in [3.05, 3.63) is 29.8 Å². The lowest BCUT2D eigenvalue weighted by atomic mass is 9.87. The normalized spacial score (nSPS) is 15.4. The standard InChI is InChI=1S/C16H28FN3/c1-12(16(2,3)4)20(6)10-9-14(18-5)15-8-7-13(17)11-19-15/h7-8,11-12,14,18H,9-10H2,1-6H3. The quantitative estimate of drug-likeness (QED) is 0.867. The number of rotatable bonds is 6. The van der Waals surface area contributed by atoms with Gasteiger partial charge in [0.05, 0.1) is 17.9 Å². The number of halogens is 1. The molecule has 0 aliphatic heterocycles. The molecule has 0 amide bonds. The van der Waals surface area contributed by atoms with E-state index in [4.69, 9.17) is 0 Å². The third-order valence-electron chi connectivity index (χ3n) is 4.14. The molecule has 0 bridgehead atoms. The van der Waals surface area contributed by atoms with Crippen LogP contribution in [0.2, 0.25) is 0 Å². The highest BCUT2D eigenvalue weighted by atomic mass is 19.1. The minimum atomic E-state index is -0.290. The number of hydrogen-bond acceptors (Lipinski definition) is 3. The van der Waals surface area contributed by atoms with Crippen LogP contribution in [0.25, 0.3) is 0 Å². The SMILES string of the molecule is CNC(CCN(C)C(C)C(C)(C)C)c1ccc(F)cn1. The lowest BCUT2D eigenvalue weighted by Crippen LogP contribution is -2.40. The Morgan fingerprint density at radius 3 is 2.45 bits per heavy atom. The van der Waals surface area contributed by atoms with Crippen LogP contribution >= 0.6 is 0 Å². The molecule has 1 aromatic heterocycles. The van der Waals surface area contributed by atoms with Crippen molar-refractivity contribution < 1.29 is 4.39 Å². The number of aromatic nitrogens is 1. The Labute approximate surface area is 122 Å². The van der Waals surface area contributed by atoms with Crippen molar-refractivity contribution in [1.29, 1.82) is 0 Å². The molecule has 2 atom stereocenters. The predicted molar refractivity (Wildman–Crippen MR) is 82.2 cm³/mol. The van der Waals surface area contributed by atoms with E-state index in [1.54, 1.807) is 6.07 Å². The summed E-state index contributed by atoms with van der Waals surface area (Å²) in [6.07, 6.45) is 2.23. The number of pyridine rings is 1. The topological polar surface area (TPSA) is 28.2 Å². The van der Waals surface area contributed by atoms with Crippen LogP contribution in [0.3, 0.4) is 0 Å². The zero-order valence-corrected chi connectivity index (χ0v) is 13.6. The highest BCUT2D eigenvalue weighted by Gasteiger charge is 2.24. The van der Waals surface area contributed by atoms with Gasteiger partial charge in [0, 0.05) is 6.04 Å². The van der Waals surface area contributed by atoms with Crippen LogP contribution < -0.4 is 5.32 Å². The lowest BCUT2D eigenvalue weighted by molar-refractivity contribution is 0.136. The van der Waals surface area contributed by atoms with Gasteiger partial charge < -0.3 is 10.2 Å². The van der Waals surface area contributed by atoms with Crippen LogP contribution in [0.15, 0.2) is 18.3 Å². The molecule has 1 aromatic rings. The van der Waals surface area contributed by atoms with E-state index in [9.17, 15) is 4.39 Å². The fraction of sp³-hybridized carbons (Fsp3) is 0.688. The van der Waals surface area contributed by atoms with Crippen LogP contribution in [0.5, 0.6) is 0 Å². The predicted octanol–water partition coefficient (Wildman–Crippen LogP) is 3.24. The first-order valence-electron chi connectivity index (χ1n) is 7.24. The molecule has 0 fully saturated rings. The monoisotopic (exact) mass is 281 g/mol. The molecule has 1 heterocycles. The maximum absolute atomic E-state index is 12.9. The smallest absolute Gasteiger partial charge is 0.141 e. The van der Waals surface area contributed by atoms with Gasteiger partial charge >= 0.3 is 0 Å². The fourth-order valence-corrected chi connectivity index (χ4v) is 2.22. The molecule has 1 N–H and O–H groups in total. The van der Waals surface area contributed by atoms with Crippen molar-refractivity contribution in [3.63, 3.8) is 0 Å². The van der Waals surface area contributed by atoms with Crippen LogP contribution in [0, 0.1) is 11.2 Å². The molecule has 3 nitrogen and oxygen atoms in total. The van der Waals surface area contributed by atoms with Gasteiger partial charge in [-0.05, 0) is 51.5 Å². The highest BCUT2D eigenvalue weighted by molar-refractivity contribution is 5.09. The summed E-state index contributed by atoms with van der Waals surface area (Å²) in [5.41, 5.74) is 1.16. The molecule has 4 heteroatoms. The van der Waals surface area contributed by atoms with E-state index in [-0.39, 0.29) is 17.3 Å². The Balaban J connectivity index is 2.60. The van der Waals surface area contributed by atoms with Crippen molar-refractivity contribution in [2.24, 2.45) is 5.41 Å². The summed E-state index contributed by atoms with van der Waals surface area (Å²) in [5.74, 6) is -0.290. The first kappa shape index (κ1) is 17.1. The summed E-state index contributed by atoms with van der Waals surface area (Å²) in [6, 6.07) is 3.88. The van der Waals surface area contributed by atoms with E-state index in [0.717, 1.165) is 18.7 Å². The van der Waals surface area contributed by atoms with Crippen molar-refractivity contribution >= 4 is 0 Å². The van der Waals surface area contributed by atoms with Gasteiger partial charge in [-0.2, -0.15) is 0 Å². The van der Waals surface area contributed by atoms with Gasteiger partial charge in [0.2, 0.25) is 0 Å². The molecule has 2 unspecified atom stereocenters. The largest absolute Gasteiger partial charge is 0.312 e. The summed E-state index contributed by atoms with van der Waals surface area (Å²) in [7, 11) is 4.07. The minimum Gasteiger partial charge on any atom is -0.312 e. The number of nitrogens with one attached hydrogen (secondary N) is 1. The van der Waals surface area contributed by atoms with Gasteiger partial charge in [0.15, 0.2) is 0 Å². The zero-order chi connectivity index (χ0) is 15.3. The molecule has 20 heavy (non-hydrogen) atoms. The summed E-state index contributed by atoms with van der Waals surface area (Å²) in [6.45, 7) is 10.00. The molecular weight excluding hydrogens is 253 g/mol. The maximum Gasteiger partial charge on any atom is 0.141 e. The summed E-state index contributed by atoms with van der Waals surface area (Å²) in [4.78, 5) is 6.53. The van der Waals surface area contributed by atoms with Crippen molar-refractivity contribution in [3.8, 4) is 0 Å². The Morgan fingerprint density at radius 1 is 1.35 bits per heavy atom. The molecule has 0 aromatic carbocycles. The molecule has 1 rings (SSSR count). The molecule has 0 saturated carbocycles. The van der Waals surface area contributed by atoms with Gasteiger partial charge in [0.1, 0.15) is 5.82 Å². The lowest BCUT2D eigenvalue weighted by Gasteiger charge is -2.36. The van der Waals surface area contributed by atoms with Crippen molar-refractivity contribution in [1.82, 2.24) is 15.2 Å². The van der Waals surface area contributed by atoms with E-state index in [0.29, 0.717) is 6.04 Å². The Hall–Kier alpha value is -1.00. The molecule has 0 saturated heterocycles. The van der Waals surface area contributed by atoms with E-state index in [1.807, 2.05) is 7.05 Å². The third-order valence-corrected chi connectivity index (χ3v) is 4.14. The molecule has 0 radical (unpaired) electrons. The van der Waals surface area contributed by atoms with Gasteiger partial charge in [-0.15, -0.1) is 0 Å². The van der Waals surface area contributed by atoms with Crippen LogP contribution in [-0.4, -0.2) is 36.6 Å². The first-order chi connectivity index (χ1) is 9.25. The molecule has 0 aliphatic carbocycles. The Kier molecular flexibility index (Phi) is 6.08. The second kappa shape index (κ2) is 7.14. The second-order valence-electron chi connectivity index (χ2n) is 6.55. The highest BCUT2D eigenvalue weighted by Crippen LogP contribution is 2.24. The Morgan fingerprint density at radius 2 is 2.00 bits per heavy atom. The summed E-state index contributed by atoms with van der Waals surface area (Å²) >= 11 is 0. The average molecular weight is 281 g/mol. The fourth-order valence-electron chi connectivity index (χ4n) is 2.22. The van der Waals surface area contributed by atoms with E-state index in [1.165, 1.54) is 12.3 Å². The third kappa shape index (κ3) is 4.84. The van der Waals surface area contributed by atoms with Crippen LogP contribution in [0.1, 0.15) is 45.9 Å². The number of nitrogens with zero attached hydrogens (tertiary/aromatic N) is 2. The Bertz CT molecular complexity index is 397. The maximum atomic E-state index is 12.9.